The Morgan fingerprint density at radius 1 is 1.17 bits per heavy atom. The number of nitrogens with zero attached hydrogens (tertiary/aromatic N) is 4. The molecular formula is C20H16ClN5OS2. The lowest BCUT2D eigenvalue weighted by molar-refractivity contribution is -0.111. The minimum Gasteiger partial charge on any atom is -0.323 e. The molecule has 0 unspecified atom stereocenters. The number of nitrogens with one attached hydrogen (secondary N) is 1. The molecule has 0 radical (unpaired) electrons. The normalized spacial score (nSPS) is 11.4. The zero-order valence-electron chi connectivity index (χ0n) is 15.6. The number of hydrogen-bond donors (Lipinski definition) is 1. The van der Waals surface area contributed by atoms with Crippen LogP contribution in [0.25, 0.3) is 11.0 Å². The van der Waals surface area contributed by atoms with Gasteiger partial charge in [-0.2, -0.15) is 0 Å². The second kappa shape index (κ2) is 8.36. The van der Waals surface area contributed by atoms with Gasteiger partial charge in [-0.1, -0.05) is 11.6 Å². The van der Waals surface area contributed by atoms with Crippen molar-refractivity contribution in [3.8, 4) is 0 Å². The molecule has 0 fully saturated rings. The summed E-state index contributed by atoms with van der Waals surface area (Å²) in [6.45, 7) is 3.90. The highest BCUT2D eigenvalue weighted by Gasteiger charge is 2.09. The standard InChI is InChI=1S/C20H16ClN5OS2/c1-12-11-13(2)23-19(22-12)29-15-5-3-14(4-6-15)24-17(27)8-7-16-18(21)25-20-26(16)9-10-28-20/h3-11H,1-2H3,(H,24,27)/b8-7+. The largest absolute Gasteiger partial charge is 0.323 e. The first-order valence-corrected chi connectivity index (χ1v) is 10.8. The number of fused-ring (bicyclic) bond motifs is 1. The predicted molar refractivity (Wildman–Crippen MR) is 118 cm³/mol. The minimum atomic E-state index is -0.246. The molecule has 29 heavy (non-hydrogen) atoms. The van der Waals surface area contributed by atoms with Crippen LogP contribution in [0.15, 0.2) is 58.0 Å². The fraction of sp³-hybridized carbons (Fsp3) is 0.100. The van der Waals surface area contributed by atoms with Gasteiger partial charge in [0.1, 0.15) is 0 Å². The number of thiazole rings is 1. The summed E-state index contributed by atoms with van der Waals surface area (Å²) in [6.07, 6.45) is 4.97. The fourth-order valence-corrected chi connectivity index (χ4v) is 4.58. The van der Waals surface area contributed by atoms with Crippen LogP contribution in [0.4, 0.5) is 5.69 Å². The maximum absolute atomic E-state index is 12.3. The SMILES string of the molecule is Cc1cc(C)nc(Sc2ccc(NC(=O)/C=C/c3c(Cl)nc4sccn34)cc2)n1. The molecule has 0 atom stereocenters. The summed E-state index contributed by atoms with van der Waals surface area (Å²) in [5.41, 5.74) is 3.26. The van der Waals surface area contributed by atoms with Gasteiger partial charge in [-0.05, 0) is 62.0 Å². The van der Waals surface area contributed by atoms with E-state index in [4.69, 9.17) is 11.6 Å². The molecule has 0 spiro atoms. The van der Waals surface area contributed by atoms with E-state index in [2.05, 4.69) is 20.3 Å². The molecule has 4 aromatic rings. The average molecular weight is 442 g/mol. The van der Waals surface area contributed by atoms with Gasteiger partial charge < -0.3 is 5.32 Å². The van der Waals surface area contributed by atoms with Gasteiger partial charge in [-0.25, -0.2) is 15.0 Å². The summed E-state index contributed by atoms with van der Waals surface area (Å²) in [5, 5.41) is 5.83. The molecule has 1 N–H and O–H groups in total. The number of halogens is 1. The fourth-order valence-electron chi connectivity index (χ4n) is 2.72. The number of imidazole rings is 1. The van der Waals surface area contributed by atoms with E-state index in [9.17, 15) is 4.79 Å². The molecule has 3 aromatic heterocycles. The van der Waals surface area contributed by atoms with Crippen LogP contribution in [0, 0.1) is 13.8 Å². The third kappa shape index (κ3) is 4.67. The maximum atomic E-state index is 12.3. The molecule has 1 aromatic carbocycles. The molecule has 0 bridgehead atoms. The maximum Gasteiger partial charge on any atom is 0.248 e. The summed E-state index contributed by atoms with van der Waals surface area (Å²) in [6, 6.07) is 9.48. The van der Waals surface area contributed by atoms with Crippen molar-refractivity contribution in [1.82, 2.24) is 19.4 Å². The lowest BCUT2D eigenvalue weighted by atomic mass is 10.3. The first-order chi connectivity index (χ1) is 14.0. The smallest absolute Gasteiger partial charge is 0.248 e. The van der Waals surface area contributed by atoms with Crippen molar-refractivity contribution in [2.45, 2.75) is 23.9 Å². The molecule has 0 aliphatic carbocycles. The first kappa shape index (κ1) is 19.6. The highest BCUT2D eigenvalue weighted by molar-refractivity contribution is 7.99. The van der Waals surface area contributed by atoms with Gasteiger partial charge in [0, 0.05) is 39.6 Å². The lowest BCUT2D eigenvalue weighted by Gasteiger charge is -2.05. The summed E-state index contributed by atoms with van der Waals surface area (Å²) < 4.78 is 1.85. The Labute approximate surface area is 180 Å². The van der Waals surface area contributed by atoms with Gasteiger partial charge in [-0.3, -0.25) is 9.20 Å². The molecule has 9 heteroatoms. The summed E-state index contributed by atoms with van der Waals surface area (Å²) in [4.78, 5) is 27.1. The van der Waals surface area contributed by atoms with E-state index in [1.807, 2.05) is 60.2 Å². The molecule has 4 rings (SSSR count). The number of aryl methyl sites for hydroxylation is 2. The van der Waals surface area contributed by atoms with Crippen LogP contribution >= 0.6 is 34.7 Å². The number of carbonyl (C=O) groups excluding carboxylic acids is 1. The van der Waals surface area contributed by atoms with Crippen LogP contribution < -0.4 is 5.32 Å². The van der Waals surface area contributed by atoms with E-state index < -0.39 is 0 Å². The van der Waals surface area contributed by atoms with Crippen LogP contribution in [0.1, 0.15) is 17.1 Å². The van der Waals surface area contributed by atoms with Crippen molar-refractivity contribution >= 4 is 57.3 Å². The molecule has 0 aliphatic rings. The van der Waals surface area contributed by atoms with Crippen molar-refractivity contribution in [2.24, 2.45) is 0 Å². The van der Waals surface area contributed by atoms with Crippen LogP contribution in [0.2, 0.25) is 5.15 Å². The van der Waals surface area contributed by atoms with E-state index in [0.717, 1.165) is 21.2 Å². The number of rotatable bonds is 5. The Morgan fingerprint density at radius 2 is 1.90 bits per heavy atom. The van der Waals surface area contributed by atoms with Crippen molar-refractivity contribution in [2.75, 3.05) is 5.32 Å². The number of amides is 1. The minimum absolute atomic E-state index is 0.246. The summed E-state index contributed by atoms with van der Waals surface area (Å²) >= 11 is 9.10. The van der Waals surface area contributed by atoms with Crippen molar-refractivity contribution in [3.05, 3.63) is 70.2 Å². The number of benzene rings is 1. The third-order valence-electron chi connectivity index (χ3n) is 3.94. The van der Waals surface area contributed by atoms with Gasteiger partial charge in [0.15, 0.2) is 15.3 Å². The van der Waals surface area contributed by atoms with Gasteiger partial charge in [0.05, 0.1) is 5.69 Å². The quantitative estimate of drug-likeness (QED) is 0.338. The van der Waals surface area contributed by atoms with Crippen LogP contribution in [-0.4, -0.2) is 25.3 Å². The first-order valence-electron chi connectivity index (χ1n) is 8.68. The van der Waals surface area contributed by atoms with Gasteiger partial charge in [0.2, 0.25) is 5.91 Å². The van der Waals surface area contributed by atoms with E-state index in [1.165, 1.54) is 29.2 Å². The monoisotopic (exact) mass is 441 g/mol. The summed E-state index contributed by atoms with van der Waals surface area (Å²) in [7, 11) is 0. The second-order valence-electron chi connectivity index (χ2n) is 6.23. The second-order valence-corrected chi connectivity index (χ2v) is 8.50. The molecule has 3 heterocycles. The molecule has 0 aliphatic heterocycles. The molecule has 0 saturated carbocycles. The van der Waals surface area contributed by atoms with Gasteiger partial charge in [-0.15, -0.1) is 11.3 Å². The summed E-state index contributed by atoms with van der Waals surface area (Å²) in [5.74, 6) is -0.246. The van der Waals surface area contributed by atoms with E-state index in [0.29, 0.717) is 21.7 Å². The van der Waals surface area contributed by atoms with Crippen LogP contribution in [0.5, 0.6) is 0 Å². The predicted octanol–water partition coefficient (Wildman–Crippen LogP) is 5.26. The molecular weight excluding hydrogens is 426 g/mol. The molecule has 146 valence electrons. The third-order valence-corrected chi connectivity index (χ3v) is 5.85. The highest BCUT2D eigenvalue weighted by Crippen LogP contribution is 2.26. The topological polar surface area (TPSA) is 72.2 Å². The Kier molecular flexibility index (Phi) is 5.66. The Bertz CT molecular complexity index is 1190. The van der Waals surface area contributed by atoms with E-state index in [-0.39, 0.29) is 5.91 Å². The number of carbonyl (C=O) groups is 1. The molecule has 1 amide bonds. The zero-order valence-corrected chi connectivity index (χ0v) is 18.0. The van der Waals surface area contributed by atoms with Gasteiger partial charge in [0.25, 0.3) is 0 Å². The number of anilines is 1. The Hall–Kier alpha value is -2.68. The number of hydrogen-bond acceptors (Lipinski definition) is 6. The van der Waals surface area contributed by atoms with Crippen LogP contribution in [-0.2, 0) is 4.79 Å². The average Bonchev–Trinajstić information content (AvgIpc) is 3.21. The van der Waals surface area contributed by atoms with E-state index >= 15 is 0 Å². The van der Waals surface area contributed by atoms with E-state index in [1.54, 1.807) is 6.08 Å². The van der Waals surface area contributed by atoms with Crippen molar-refractivity contribution in [3.63, 3.8) is 0 Å². The molecule has 6 nitrogen and oxygen atoms in total. The zero-order chi connectivity index (χ0) is 20.4. The van der Waals surface area contributed by atoms with Gasteiger partial charge >= 0.3 is 0 Å². The van der Waals surface area contributed by atoms with Crippen molar-refractivity contribution < 1.29 is 4.79 Å². The number of aromatic nitrogens is 4. The lowest BCUT2D eigenvalue weighted by Crippen LogP contribution is -2.07. The Balaban J connectivity index is 1.41. The Morgan fingerprint density at radius 3 is 2.62 bits per heavy atom. The van der Waals surface area contributed by atoms with Crippen LogP contribution in [0.3, 0.4) is 0 Å². The molecule has 0 saturated heterocycles. The highest BCUT2D eigenvalue weighted by atomic mass is 35.5. The van der Waals surface area contributed by atoms with Crippen molar-refractivity contribution in [1.29, 1.82) is 0 Å².